The topological polar surface area (TPSA) is 75.1 Å². The molecule has 2 atom stereocenters. The standard InChI is InChI=1S/C29H32ClFN4O4/c1-18-15-35(19(2)14-34(18)16-20-4-6-21(31)7-5-20)28(37)23-12-22-24(17-32(3)26(22)13-25(23)30)27(36)29(38)33-8-10-39-11-9-33/h4-7,12-13,17-19H,8-11,14-16H2,1-3H3. The van der Waals surface area contributed by atoms with Crippen molar-refractivity contribution in [3.8, 4) is 0 Å². The van der Waals surface area contributed by atoms with Gasteiger partial charge >= 0.3 is 0 Å². The molecule has 0 bridgehead atoms. The summed E-state index contributed by atoms with van der Waals surface area (Å²) in [4.78, 5) is 45.5. The molecule has 10 heteroatoms. The minimum Gasteiger partial charge on any atom is -0.378 e. The van der Waals surface area contributed by atoms with Gasteiger partial charge in [-0.3, -0.25) is 19.3 Å². The summed E-state index contributed by atoms with van der Waals surface area (Å²) in [6.45, 7) is 7.39. The molecule has 5 rings (SSSR count). The molecule has 0 spiro atoms. The van der Waals surface area contributed by atoms with Crippen molar-refractivity contribution in [2.24, 2.45) is 7.05 Å². The van der Waals surface area contributed by atoms with Gasteiger partial charge in [0, 0.05) is 63.4 Å². The summed E-state index contributed by atoms with van der Waals surface area (Å²) in [6.07, 6.45) is 1.62. The number of amides is 2. The molecule has 3 heterocycles. The van der Waals surface area contributed by atoms with Gasteiger partial charge in [0.15, 0.2) is 0 Å². The molecule has 2 saturated heterocycles. The summed E-state index contributed by atoms with van der Waals surface area (Å²) in [6, 6.07) is 9.76. The van der Waals surface area contributed by atoms with Crippen LogP contribution in [0.3, 0.4) is 0 Å². The third-order valence-electron chi connectivity index (χ3n) is 7.72. The molecule has 2 aromatic carbocycles. The number of aromatic nitrogens is 1. The highest BCUT2D eigenvalue weighted by Crippen LogP contribution is 2.31. The van der Waals surface area contributed by atoms with Crippen LogP contribution in [0.1, 0.15) is 40.1 Å². The number of carbonyl (C=O) groups is 3. The fourth-order valence-corrected chi connectivity index (χ4v) is 5.69. The van der Waals surface area contributed by atoms with E-state index in [1.165, 1.54) is 17.0 Å². The van der Waals surface area contributed by atoms with Crippen molar-refractivity contribution in [1.82, 2.24) is 19.3 Å². The summed E-state index contributed by atoms with van der Waals surface area (Å²) in [5.41, 5.74) is 2.23. The van der Waals surface area contributed by atoms with Gasteiger partial charge < -0.3 is 19.1 Å². The van der Waals surface area contributed by atoms with Crippen LogP contribution < -0.4 is 0 Å². The summed E-state index contributed by atoms with van der Waals surface area (Å²) in [5, 5.41) is 0.813. The predicted molar refractivity (Wildman–Crippen MR) is 146 cm³/mol. The molecule has 2 fully saturated rings. The number of carbonyl (C=O) groups excluding carboxylic acids is 3. The Balaban J connectivity index is 1.38. The Labute approximate surface area is 231 Å². The predicted octanol–water partition coefficient (Wildman–Crippen LogP) is 3.75. The number of aryl methyl sites for hydroxylation is 1. The lowest BCUT2D eigenvalue weighted by atomic mass is 10.0. The number of morpholine rings is 1. The largest absolute Gasteiger partial charge is 0.378 e. The van der Waals surface area contributed by atoms with Gasteiger partial charge in [-0.25, -0.2) is 4.39 Å². The van der Waals surface area contributed by atoms with E-state index in [2.05, 4.69) is 11.8 Å². The Hall–Kier alpha value is -3.27. The van der Waals surface area contributed by atoms with Gasteiger partial charge in [0.2, 0.25) is 0 Å². The first-order valence-electron chi connectivity index (χ1n) is 13.1. The van der Waals surface area contributed by atoms with Crippen molar-refractivity contribution in [1.29, 1.82) is 0 Å². The second kappa shape index (κ2) is 11.1. The maximum Gasteiger partial charge on any atom is 0.295 e. The molecule has 0 aliphatic carbocycles. The van der Waals surface area contributed by atoms with Crippen LogP contribution in [-0.2, 0) is 23.1 Å². The third kappa shape index (κ3) is 5.44. The van der Waals surface area contributed by atoms with Crippen molar-refractivity contribution in [3.05, 3.63) is 70.1 Å². The number of hydrogen-bond donors (Lipinski definition) is 0. The third-order valence-corrected chi connectivity index (χ3v) is 8.03. The van der Waals surface area contributed by atoms with Crippen LogP contribution in [0.15, 0.2) is 42.6 Å². The van der Waals surface area contributed by atoms with Crippen molar-refractivity contribution in [2.75, 3.05) is 39.4 Å². The molecule has 0 N–H and O–H groups in total. The van der Waals surface area contributed by atoms with Crippen LogP contribution >= 0.6 is 11.6 Å². The molecule has 1 aromatic heterocycles. The Morgan fingerprint density at radius 2 is 1.69 bits per heavy atom. The maximum absolute atomic E-state index is 13.8. The van der Waals surface area contributed by atoms with Gasteiger partial charge in [-0.1, -0.05) is 23.7 Å². The molecule has 39 heavy (non-hydrogen) atoms. The average molecular weight is 555 g/mol. The highest BCUT2D eigenvalue weighted by molar-refractivity contribution is 6.45. The number of fused-ring (bicyclic) bond motifs is 1. The molecule has 2 aliphatic heterocycles. The molecule has 2 unspecified atom stereocenters. The van der Waals surface area contributed by atoms with Gasteiger partial charge in [-0.15, -0.1) is 0 Å². The van der Waals surface area contributed by atoms with E-state index in [0.717, 1.165) is 5.56 Å². The first kappa shape index (κ1) is 27.3. The van der Waals surface area contributed by atoms with Crippen LogP contribution in [0.5, 0.6) is 0 Å². The lowest BCUT2D eigenvalue weighted by Crippen LogP contribution is -2.57. The van der Waals surface area contributed by atoms with Gasteiger partial charge in [0.25, 0.3) is 17.6 Å². The van der Waals surface area contributed by atoms with E-state index >= 15 is 0 Å². The van der Waals surface area contributed by atoms with Crippen molar-refractivity contribution < 1.29 is 23.5 Å². The molecule has 3 aromatic rings. The minimum atomic E-state index is -0.611. The second-order valence-electron chi connectivity index (χ2n) is 10.4. The number of benzene rings is 2. The molecule has 0 radical (unpaired) electrons. The zero-order valence-corrected chi connectivity index (χ0v) is 23.1. The van der Waals surface area contributed by atoms with Crippen LogP contribution in [-0.4, -0.2) is 88.3 Å². The van der Waals surface area contributed by atoms with E-state index < -0.39 is 11.7 Å². The van der Waals surface area contributed by atoms with Crippen molar-refractivity contribution in [3.63, 3.8) is 0 Å². The number of piperazine rings is 1. The van der Waals surface area contributed by atoms with Crippen molar-refractivity contribution >= 4 is 40.1 Å². The van der Waals surface area contributed by atoms with Crippen molar-refractivity contribution in [2.45, 2.75) is 32.5 Å². The first-order valence-corrected chi connectivity index (χ1v) is 13.5. The molecule has 206 valence electrons. The van der Waals surface area contributed by atoms with Crippen LogP contribution in [0.4, 0.5) is 4.39 Å². The van der Waals surface area contributed by atoms with E-state index in [9.17, 15) is 18.8 Å². The highest BCUT2D eigenvalue weighted by atomic mass is 35.5. The molecule has 2 aliphatic rings. The van der Waals surface area contributed by atoms with E-state index in [4.69, 9.17) is 16.3 Å². The normalized spacial score (nSPS) is 20.4. The van der Waals surface area contributed by atoms with Crippen LogP contribution in [0.25, 0.3) is 10.9 Å². The number of rotatable bonds is 5. The van der Waals surface area contributed by atoms with Crippen LogP contribution in [0.2, 0.25) is 5.02 Å². The molecule has 0 saturated carbocycles. The van der Waals surface area contributed by atoms with E-state index in [1.54, 1.807) is 42.1 Å². The fourth-order valence-electron chi connectivity index (χ4n) is 5.45. The minimum absolute atomic E-state index is 0.0673. The van der Waals surface area contributed by atoms with Crippen LogP contribution in [0, 0.1) is 5.82 Å². The summed E-state index contributed by atoms with van der Waals surface area (Å²) in [5.74, 6) is -1.67. The lowest BCUT2D eigenvalue weighted by Gasteiger charge is -2.44. The van der Waals surface area contributed by atoms with E-state index in [0.29, 0.717) is 67.4 Å². The number of halogens is 2. The first-order chi connectivity index (χ1) is 18.6. The zero-order valence-electron chi connectivity index (χ0n) is 22.3. The SMILES string of the molecule is CC1CN(C(=O)c2cc3c(C(=O)C(=O)N4CCOCC4)cn(C)c3cc2Cl)C(C)CN1Cc1ccc(F)cc1. The van der Waals surface area contributed by atoms with Gasteiger partial charge in [-0.05, 0) is 43.7 Å². The number of hydrogen-bond acceptors (Lipinski definition) is 5. The molecular formula is C29H32ClFN4O4. The summed E-state index contributed by atoms with van der Waals surface area (Å²) in [7, 11) is 1.78. The quantitative estimate of drug-likeness (QED) is 0.355. The van der Waals surface area contributed by atoms with Gasteiger partial charge in [0.1, 0.15) is 5.82 Å². The average Bonchev–Trinajstić information content (AvgIpc) is 3.25. The van der Waals surface area contributed by atoms with E-state index in [-0.39, 0.29) is 29.4 Å². The van der Waals surface area contributed by atoms with Gasteiger partial charge in [-0.2, -0.15) is 0 Å². The highest BCUT2D eigenvalue weighted by Gasteiger charge is 2.34. The Morgan fingerprint density at radius 3 is 2.38 bits per heavy atom. The molecule has 2 amide bonds. The number of nitrogens with zero attached hydrogens (tertiary/aromatic N) is 4. The maximum atomic E-state index is 13.8. The lowest BCUT2D eigenvalue weighted by molar-refractivity contribution is -0.130. The summed E-state index contributed by atoms with van der Waals surface area (Å²) < 4.78 is 20.4. The summed E-state index contributed by atoms with van der Waals surface area (Å²) >= 11 is 6.62. The Bertz CT molecular complexity index is 1420. The smallest absolute Gasteiger partial charge is 0.295 e. The monoisotopic (exact) mass is 554 g/mol. The fraction of sp³-hybridized carbons (Fsp3) is 0.414. The number of ether oxygens (including phenoxy) is 1. The van der Waals surface area contributed by atoms with E-state index in [1.807, 2.05) is 11.8 Å². The zero-order chi connectivity index (χ0) is 27.8. The molecular weight excluding hydrogens is 523 g/mol. The Kier molecular flexibility index (Phi) is 7.75. The number of Topliss-reactive ketones (excluding diaryl/α,β-unsaturated/α-hetero) is 1. The Morgan fingerprint density at radius 1 is 1.00 bits per heavy atom. The molecule has 8 nitrogen and oxygen atoms in total. The number of ketones is 1. The second-order valence-corrected chi connectivity index (χ2v) is 10.9. The van der Waals surface area contributed by atoms with Gasteiger partial charge in [0.05, 0.1) is 34.9 Å².